The van der Waals surface area contributed by atoms with Crippen LogP contribution >= 0.6 is 0 Å². The summed E-state index contributed by atoms with van der Waals surface area (Å²) in [7, 11) is -3.87. The highest BCUT2D eigenvalue weighted by molar-refractivity contribution is 7.92. The van der Waals surface area contributed by atoms with Crippen LogP contribution in [0.2, 0.25) is 0 Å². The van der Waals surface area contributed by atoms with Crippen molar-refractivity contribution in [2.45, 2.75) is 11.6 Å². The molecule has 0 atom stereocenters. The first-order chi connectivity index (χ1) is 8.13. The third-order valence-electron chi connectivity index (χ3n) is 1.91. The van der Waals surface area contributed by atoms with Crippen molar-refractivity contribution < 1.29 is 13.5 Å². The largest absolute Gasteiger partial charge is 0.392 e. The average molecular weight is 255 g/mol. The van der Waals surface area contributed by atoms with Crippen molar-refractivity contribution in [2.75, 3.05) is 4.72 Å². The van der Waals surface area contributed by atoms with Crippen molar-refractivity contribution >= 4 is 16.0 Å². The molecule has 3 N–H and O–H groups in total. The minimum Gasteiger partial charge on any atom is -0.392 e. The molecule has 0 aliphatic carbocycles. The molecule has 17 heavy (non-hydrogen) atoms. The summed E-state index contributed by atoms with van der Waals surface area (Å²) in [5, 5.41) is 14.6. The van der Waals surface area contributed by atoms with Gasteiger partial charge in [-0.15, -0.1) is 0 Å². The third kappa shape index (κ3) is 2.40. The van der Waals surface area contributed by atoms with E-state index in [0.29, 0.717) is 0 Å². The van der Waals surface area contributed by atoms with Gasteiger partial charge in [-0.1, -0.05) is 0 Å². The van der Waals surface area contributed by atoms with Crippen molar-refractivity contribution in [3.63, 3.8) is 0 Å². The Morgan fingerprint density at radius 3 is 2.71 bits per heavy atom. The van der Waals surface area contributed by atoms with Crippen LogP contribution in [0.1, 0.15) is 5.56 Å². The number of aliphatic hydroxyl groups excluding tert-OH is 1. The predicted octanol–water partition coefficient (Wildman–Crippen LogP) is -0.507. The lowest BCUT2D eigenvalue weighted by atomic mass is 10.4. The molecule has 2 heterocycles. The average Bonchev–Trinajstić information content (AvgIpc) is 2.78. The molecule has 0 spiro atoms. The molecular formula is C8H9N5O3S. The van der Waals surface area contributed by atoms with Crippen LogP contribution in [0.5, 0.6) is 0 Å². The van der Waals surface area contributed by atoms with E-state index >= 15 is 0 Å². The SMILES string of the molecule is O=S(=O)(Nc1ncccn1)c1[nH]ncc1CO. The maximum absolute atomic E-state index is 11.9. The van der Waals surface area contributed by atoms with E-state index in [1.165, 1.54) is 18.6 Å². The van der Waals surface area contributed by atoms with Gasteiger partial charge in [0.05, 0.1) is 12.8 Å². The lowest BCUT2D eigenvalue weighted by molar-refractivity contribution is 0.278. The van der Waals surface area contributed by atoms with Crippen molar-refractivity contribution in [2.24, 2.45) is 0 Å². The molecule has 0 bridgehead atoms. The van der Waals surface area contributed by atoms with E-state index in [0.717, 1.165) is 0 Å². The molecule has 2 rings (SSSR count). The van der Waals surface area contributed by atoms with Gasteiger partial charge in [0.1, 0.15) is 0 Å². The molecule has 0 aliphatic heterocycles. The Kier molecular flexibility index (Phi) is 3.02. The summed E-state index contributed by atoms with van der Waals surface area (Å²) < 4.78 is 25.9. The highest BCUT2D eigenvalue weighted by atomic mass is 32.2. The number of rotatable bonds is 4. The van der Waals surface area contributed by atoms with Gasteiger partial charge in [0.15, 0.2) is 5.03 Å². The molecule has 2 aromatic rings. The Bertz CT molecular complexity index is 595. The monoisotopic (exact) mass is 255 g/mol. The van der Waals surface area contributed by atoms with Gasteiger partial charge in [-0.05, 0) is 6.07 Å². The number of aliphatic hydroxyl groups is 1. The van der Waals surface area contributed by atoms with Crippen LogP contribution in [0.25, 0.3) is 0 Å². The van der Waals surface area contributed by atoms with Crippen LogP contribution in [0.15, 0.2) is 29.7 Å². The molecule has 0 saturated heterocycles. The summed E-state index contributed by atoms with van der Waals surface area (Å²) in [4.78, 5) is 7.46. The van der Waals surface area contributed by atoms with E-state index in [-0.39, 0.29) is 16.5 Å². The molecule has 90 valence electrons. The quantitative estimate of drug-likeness (QED) is 0.676. The zero-order chi connectivity index (χ0) is 12.3. The molecule has 0 aliphatic rings. The molecule has 9 heteroatoms. The lowest BCUT2D eigenvalue weighted by Crippen LogP contribution is -2.16. The number of anilines is 1. The van der Waals surface area contributed by atoms with Gasteiger partial charge in [-0.25, -0.2) is 14.7 Å². The third-order valence-corrected chi connectivity index (χ3v) is 3.25. The maximum Gasteiger partial charge on any atom is 0.281 e. The molecule has 0 fully saturated rings. The minimum absolute atomic E-state index is 0.0500. The number of nitrogens with zero attached hydrogens (tertiary/aromatic N) is 3. The maximum atomic E-state index is 11.9. The van der Waals surface area contributed by atoms with E-state index in [2.05, 4.69) is 24.9 Å². The summed E-state index contributed by atoms with van der Waals surface area (Å²) in [6.07, 6.45) is 4.05. The van der Waals surface area contributed by atoms with Crippen LogP contribution in [0, 0.1) is 0 Å². The standard InChI is InChI=1S/C8H9N5O3S/c14-5-6-4-11-12-7(6)17(15,16)13-8-9-2-1-3-10-8/h1-4,14H,5H2,(H,11,12)(H,9,10,13). The topological polar surface area (TPSA) is 121 Å². The van der Waals surface area contributed by atoms with E-state index in [1.54, 1.807) is 6.07 Å². The number of nitrogens with one attached hydrogen (secondary N) is 2. The fraction of sp³-hybridized carbons (Fsp3) is 0.125. The molecule has 2 aromatic heterocycles. The van der Waals surface area contributed by atoms with Gasteiger partial charge in [0.25, 0.3) is 10.0 Å². The van der Waals surface area contributed by atoms with Gasteiger partial charge in [0.2, 0.25) is 5.95 Å². The van der Waals surface area contributed by atoms with Crippen molar-refractivity contribution in [3.05, 3.63) is 30.2 Å². The Balaban J connectivity index is 2.32. The summed E-state index contributed by atoms with van der Waals surface area (Å²) in [5.74, 6) is -0.0500. The number of hydrogen-bond donors (Lipinski definition) is 3. The van der Waals surface area contributed by atoms with Gasteiger partial charge in [-0.3, -0.25) is 5.10 Å². The second-order valence-corrected chi connectivity index (χ2v) is 4.68. The van der Waals surface area contributed by atoms with Gasteiger partial charge in [0, 0.05) is 18.0 Å². The van der Waals surface area contributed by atoms with Crippen LogP contribution in [-0.4, -0.2) is 33.7 Å². The van der Waals surface area contributed by atoms with E-state index in [4.69, 9.17) is 5.11 Å². The molecule has 0 amide bonds. The highest BCUT2D eigenvalue weighted by Crippen LogP contribution is 2.14. The number of H-pyrrole nitrogens is 1. The van der Waals surface area contributed by atoms with Crippen LogP contribution < -0.4 is 4.72 Å². The molecule has 0 unspecified atom stereocenters. The second kappa shape index (κ2) is 4.47. The summed E-state index contributed by atoms with van der Waals surface area (Å²) >= 11 is 0. The minimum atomic E-state index is -3.87. The first-order valence-corrected chi connectivity index (χ1v) is 6.05. The highest BCUT2D eigenvalue weighted by Gasteiger charge is 2.21. The molecule has 0 aromatic carbocycles. The Morgan fingerprint density at radius 2 is 2.06 bits per heavy atom. The smallest absolute Gasteiger partial charge is 0.281 e. The van der Waals surface area contributed by atoms with Crippen molar-refractivity contribution in [1.82, 2.24) is 20.2 Å². The number of aromatic nitrogens is 4. The van der Waals surface area contributed by atoms with E-state index < -0.39 is 16.6 Å². The number of sulfonamides is 1. The first-order valence-electron chi connectivity index (χ1n) is 4.56. The Hall–Kier alpha value is -2.00. The normalized spacial score (nSPS) is 11.4. The van der Waals surface area contributed by atoms with Gasteiger partial charge in [-0.2, -0.15) is 13.5 Å². The second-order valence-electron chi connectivity index (χ2n) is 3.06. The van der Waals surface area contributed by atoms with Crippen LogP contribution in [-0.2, 0) is 16.6 Å². The fourth-order valence-corrected chi connectivity index (χ4v) is 2.25. The number of hydrogen-bond acceptors (Lipinski definition) is 6. The summed E-state index contributed by atoms with van der Waals surface area (Å²) in [6.45, 7) is -0.428. The lowest BCUT2D eigenvalue weighted by Gasteiger charge is -2.04. The Morgan fingerprint density at radius 1 is 1.35 bits per heavy atom. The molecule has 8 nitrogen and oxygen atoms in total. The molecule has 0 radical (unpaired) electrons. The fourth-order valence-electron chi connectivity index (χ4n) is 1.17. The summed E-state index contributed by atoms with van der Waals surface area (Å²) in [6, 6.07) is 1.56. The van der Waals surface area contributed by atoms with Crippen molar-refractivity contribution in [3.8, 4) is 0 Å². The van der Waals surface area contributed by atoms with Crippen LogP contribution in [0.4, 0.5) is 5.95 Å². The van der Waals surface area contributed by atoms with Gasteiger partial charge < -0.3 is 5.11 Å². The van der Waals surface area contributed by atoms with E-state index in [9.17, 15) is 8.42 Å². The first kappa shape index (κ1) is 11.5. The Labute approximate surface area is 96.8 Å². The predicted molar refractivity (Wildman–Crippen MR) is 57.4 cm³/mol. The van der Waals surface area contributed by atoms with Crippen LogP contribution in [0.3, 0.4) is 0 Å². The van der Waals surface area contributed by atoms with Crippen molar-refractivity contribution in [1.29, 1.82) is 0 Å². The zero-order valence-corrected chi connectivity index (χ0v) is 9.35. The zero-order valence-electron chi connectivity index (χ0n) is 8.53. The number of aromatic amines is 1. The summed E-state index contributed by atoms with van der Waals surface area (Å²) in [5.41, 5.74) is 0.174. The molecule has 0 saturated carbocycles. The van der Waals surface area contributed by atoms with Gasteiger partial charge >= 0.3 is 0 Å². The molecular weight excluding hydrogens is 246 g/mol. The van der Waals surface area contributed by atoms with E-state index in [1.807, 2.05) is 0 Å².